The highest BCUT2D eigenvalue weighted by Gasteiger charge is 1.79. The molecule has 0 spiro atoms. The normalized spacial score (nSPS) is 12.5. The zero-order chi connectivity index (χ0) is 9.78. The number of unbranched alkanes of at least 4 members (excludes halogenated alkanes) is 3. The maximum atomic E-state index is 3.81. The molecule has 0 aliphatic rings. The van der Waals surface area contributed by atoms with Crippen LogP contribution in [0.25, 0.3) is 0 Å². The van der Waals surface area contributed by atoms with Crippen LogP contribution in [0.1, 0.15) is 39.0 Å². The van der Waals surface area contributed by atoms with Crippen LogP contribution in [-0.4, -0.2) is 0 Å². The van der Waals surface area contributed by atoms with E-state index in [1.54, 1.807) is 0 Å². The van der Waals surface area contributed by atoms with Gasteiger partial charge in [0.05, 0.1) is 0 Å². The van der Waals surface area contributed by atoms with E-state index in [0.717, 1.165) is 12.8 Å². The first-order valence-corrected chi connectivity index (χ1v) is 5.19. The van der Waals surface area contributed by atoms with Crippen LogP contribution in [0.3, 0.4) is 0 Å². The standard InChI is InChI=1S/C13H21/c1-3-5-7-9-11-13-12-10-8-6-4-2/h6,8,10-13H,1,3-5,7,9H2,2H3/b8-6+,12-10+,13-11+. The van der Waals surface area contributed by atoms with Gasteiger partial charge in [0.1, 0.15) is 0 Å². The Morgan fingerprint density at radius 1 is 0.923 bits per heavy atom. The van der Waals surface area contributed by atoms with E-state index in [-0.39, 0.29) is 0 Å². The average Bonchev–Trinajstić information content (AvgIpc) is 2.16. The van der Waals surface area contributed by atoms with Gasteiger partial charge in [-0.2, -0.15) is 0 Å². The second-order valence-electron chi connectivity index (χ2n) is 3.00. The van der Waals surface area contributed by atoms with Crippen LogP contribution in [0.2, 0.25) is 0 Å². The van der Waals surface area contributed by atoms with Gasteiger partial charge >= 0.3 is 0 Å². The topological polar surface area (TPSA) is 0 Å². The molecule has 0 aromatic carbocycles. The zero-order valence-electron chi connectivity index (χ0n) is 8.71. The summed E-state index contributed by atoms with van der Waals surface area (Å²) >= 11 is 0. The largest absolute Gasteiger partial charge is 0.0848 e. The van der Waals surface area contributed by atoms with Crippen molar-refractivity contribution in [2.24, 2.45) is 0 Å². The van der Waals surface area contributed by atoms with E-state index < -0.39 is 0 Å². The minimum Gasteiger partial charge on any atom is -0.0848 e. The van der Waals surface area contributed by atoms with E-state index >= 15 is 0 Å². The third kappa shape index (κ3) is 11.2. The summed E-state index contributed by atoms with van der Waals surface area (Å²) < 4.78 is 0. The molecule has 0 saturated heterocycles. The molecule has 0 atom stereocenters. The van der Waals surface area contributed by atoms with Gasteiger partial charge in [-0.25, -0.2) is 0 Å². The van der Waals surface area contributed by atoms with Crippen molar-refractivity contribution >= 4 is 0 Å². The second-order valence-corrected chi connectivity index (χ2v) is 3.00. The molecule has 0 amide bonds. The van der Waals surface area contributed by atoms with Gasteiger partial charge in [-0.05, 0) is 19.3 Å². The molecule has 0 unspecified atom stereocenters. The molecule has 0 aliphatic heterocycles. The Balaban J connectivity index is 3.29. The minimum atomic E-state index is 1.06. The number of hydrogen-bond donors (Lipinski definition) is 0. The quantitative estimate of drug-likeness (QED) is 0.398. The van der Waals surface area contributed by atoms with Crippen molar-refractivity contribution in [2.45, 2.75) is 39.0 Å². The van der Waals surface area contributed by atoms with E-state index in [4.69, 9.17) is 0 Å². The Kier molecular flexibility index (Phi) is 10.5. The fourth-order valence-electron chi connectivity index (χ4n) is 0.957. The molecular weight excluding hydrogens is 156 g/mol. The Bertz CT molecular complexity index is 161. The molecule has 0 aliphatic carbocycles. The molecule has 0 saturated carbocycles. The van der Waals surface area contributed by atoms with E-state index in [2.05, 4.69) is 50.3 Å². The first-order valence-electron chi connectivity index (χ1n) is 5.19. The van der Waals surface area contributed by atoms with Gasteiger partial charge in [0.25, 0.3) is 0 Å². The molecule has 0 heterocycles. The van der Waals surface area contributed by atoms with Crippen molar-refractivity contribution in [1.29, 1.82) is 0 Å². The van der Waals surface area contributed by atoms with Gasteiger partial charge in [0.2, 0.25) is 0 Å². The Hall–Kier alpha value is -0.780. The molecule has 0 fully saturated rings. The van der Waals surface area contributed by atoms with Gasteiger partial charge in [-0.15, -0.1) is 0 Å². The highest BCUT2D eigenvalue weighted by Crippen LogP contribution is 1.99. The Morgan fingerprint density at radius 2 is 1.62 bits per heavy atom. The second kappa shape index (κ2) is 11.2. The number of hydrogen-bond acceptors (Lipinski definition) is 0. The third-order valence-electron chi connectivity index (χ3n) is 1.71. The minimum absolute atomic E-state index is 1.06. The van der Waals surface area contributed by atoms with Crippen molar-refractivity contribution in [2.75, 3.05) is 0 Å². The van der Waals surface area contributed by atoms with Crippen molar-refractivity contribution < 1.29 is 0 Å². The summed E-state index contributed by atoms with van der Waals surface area (Å²) in [5.41, 5.74) is 0. The molecule has 0 aromatic rings. The van der Waals surface area contributed by atoms with Gasteiger partial charge in [0.15, 0.2) is 0 Å². The van der Waals surface area contributed by atoms with Crippen molar-refractivity contribution in [1.82, 2.24) is 0 Å². The molecule has 13 heavy (non-hydrogen) atoms. The van der Waals surface area contributed by atoms with Crippen LogP contribution >= 0.6 is 0 Å². The average molecular weight is 177 g/mol. The van der Waals surface area contributed by atoms with E-state index in [0.29, 0.717) is 0 Å². The smallest absolute Gasteiger partial charge is 0.0348 e. The highest BCUT2D eigenvalue weighted by atomic mass is 13.9. The molecule has 0 nitrogen and oxygen atoms in total. The SMILES string of the molecule is [CH2]CCCC/C=C/C=C/C=C/CC. The molecule has 0 heteroatoms. The number of allylic oxidation sites excluding steroid dienone is 6. The third-order valence-corrected chi connectivity index (χ3v) is 1.71. The summed E-state index contributed by atoms with van der Waals surface area (Å²) in [7, 11) is 0. The molecule has 1 radical (unpaired) electrons. The van der Waals surface area contributed by atoms with Crippen LogP contribution < -0.4 is 0 Å². The van der Waals surface area contributed by atoms with Gasteiger partial charge in [-0.3, -0.25) is 0 Å². The molecule has 0 bridgehead atoms. The lowest BCUT2D eigenvalue weighted by atomic mass is 10.2. The summed E-state index contributed by atoms with van der Waals surface area (Å²) in [4.78, 5) is 0. The Labute approximate surface area is 83.0 Å². The van der Waals surface area contributed by atoms with Crippen LogP contribution in [-0.2, 0) is 0 Å². The molecule has 0 rings (SSSR count). The fraction of sp³-hybridized carbons (Fsp3) is 0.462. The lowest BCUT2D eigenvalue weighted by Gasteiger charge is -1.89. The molecule has 73 valence electrons. The summed E-state index contributed by atoms with van der Waals surface area (Å²) in [6.45, 7) is 5.94. The predicted octanol–water partition coefficient (Wildman–Crippen LogP) is 4.46. The predicted molar refractivity (Wildman–Crippen MR) is 61.5 cm³/mol. The van der Waals surface area contributed by atoms with E-state index in [1.807, 2.05) is 0 Å². The molecule has 0 aromatic heterocycles. The van der Waals surface area contributed by atoms with Gasteiger partial charge in [-0.1, -0.05) is 63.1 Å². The summed E-state index contributed by atoms with van der Waals surface area (Å²) in [6, 6.07) is 0. The molecule has 0 N–H and O–H groups in total. The first kappa shape index (κ1) is 12.2. The van der Waals surface area contributed by atoms with Gasteiger partial charge < -0.3 is 0 Å². The summed E-state index contributed by atoms with van der Waals surface area (Å²) in [6.07, 6.45) is 18.6. The van der Waals surface area contributed by atoms with Crippen LogP contribution in [0.5, 0.6) is 0 Å². The van der Waals surface area contributed by atoms with E-state index in [1.165, 1.54) is 19.3 Å². The van der Waals surface area contributed by atoms with Crippen molar-refractivity contribution in [3.63, 3.8) is 0 Å². The van der Waals surface area contributed by atoms with Crippen LogP contribution in [0.4, 0.5) is 0 Å². The lowest BCUT2D eigenvalue weighted by molar-refractivity contribution is 0.760. The number of rotatable bonds is 7. The maximum absolute atomic E-state index is 3.81. The van der Waals surface area contributed by atoms with E-state index in [9.17, 15) is 0 Å². The first-order chi connectivity index (χ1) is 6.41. The molecular formula is C13H21. The summed E-state index contributed by atoms with van der Waals surface area (Å²) in [5, 5.41) is 0. The maximum Gasteiger partial charge on any atom is -0.0348 e. The van der Waals surface area contributed by atoms with Gasteiger partial charge in [0, 0.05) is 0 Å². The fourth-order valence-corrected chi connectivity index (χ4v) is 0.957. The van der Waals surface area contributed by atoms with Crippen molar-refractivity contribution in [3.05, 3.63) is 43.4 Å². The zero-order valence-corrected chi connectivity index (χ0v) is 8.71. The highest BCUT2D eigenvalue weighted by molar-refractivity contribution is 5.10. The van der Waals surface area contributed by atoms with Crippen LogP contribution in [0.15, 0.2) is 36.5 Å². The Morgan fingerprint density at radius 3 is 2.23 bits per heavy atom. The lowest BCUT2D eigenvalue weighted by Crippen LogP contribution is -1.69. The van der Waals surface area contributed by atoms with Crippen LogP contribution in [0, 0.1) is 6.92 Å². The monoisotopic (exact) mass is 177 g/mol. The van der Waals surface area contributed by atoms with Crippen molar-refractivity contribution in [3.8, 4) is 0 Å². The summed E-state index contributed by atoms with van der Waals surface area (Å²) in [5.74, 6) is 0.